The molecule has 58 valence electrons. The summed E-state index contributed by atoms with van der Waals surface area (Å²) in [6.45, 7) is 0. The van der Waals surface area contributed by atoms with Gasteiger partial charge in [-0.3, -0.25) is 5.43 Å². The Morgan fingerprint density at radius 2 is 1.91 bits per heavy atom. The third kappa shape index (κ3) is 1.87. The molecule has 0 aromatic rings. The summed E-state index contributed by atoms with van der Waals surface area (Å²) < 4.78 is 0. The summed E-state index contributed by atoms with van der Waals surface area (Å²) in [5.74, 6) is 4.84. The van der Waals surface area contributed by atoms with Gasteiger partial charge in [-0.2, -0.15) is 10.2 Å². The number of urea groups is 1. The largest absolute Gasteiger partial charge is 0.373 e. The van der Waals surface area contributed by atoms with Crippen molar-refractivity contribution < 1.29 is 4.79 Å². The van der Waals surface area contributed by atoms with Crippen LogP contribution in [0.25, 0.3) is 0 Å². The molecule has 0 aromatic heterocycles. The first-order chi connectivity index (χ1) is 5.34. The smallest absolute Gasteiger partial charge is 0.273 e. The Kier molecular flexibility index (Phi) is 2.34. The molecule has 0 radical (unpaired) electrons. The molecule has 1 heterocycles. The van der Waals surface area contributed by atoms with Gasteiger partial charge in [0.25, 0.3) is 0 Å². The minimum absolute atomic E-state index is 0.582. The maximum absolute atomic E-state index is 10.8. The first kappa shape index (κ1) is 7.42. The topological polar surface area (TPSA) is 83.1 Å². The van der Waals surface area contributed by atoms with Crippen molar-refractivity contribution in [3.8, 4) is 0 Å². The third-order valence-electron chi connectivity index (χ3n) is 0.940. The number of allylic oxidation sites excluding steroid dienone is 2. The number of carbonyl (C=O) groups excluding carboxylic acids is 1. The average molecular weight is 153 g/mol. The fourth-order valence-electron chi connectivity index (χ4n) is 0.495. The van der Waals surface area contributed by atoms with E-state index >= 15 is 0 Å². The Bertz CT molecular complexity index is 215. The van der Waals surface area contributed by atoms with Crippen LogP contribution in [0.3, 0.4) is 0 Å². The van der Waals surface area contributed by atoms with Crippen LogP contribution in [0.4, 0.5) is 4.79 Å². The quantitative estimate of drug-likeness (QED) is 0.277. The molecule has 3 N–H and O–H groups in total. The summed E-state index contributed by atoms with van der Waals surface area (Å²) in [6.07, 6.45) is 6.16. The third-order valence-corrected chi connectivity index (χ3v) is 0.940. The molecular weight excluding hydrogens is 146 g/mol. The highest BCUT2D eigenvalue weighted by Gasteiger charge is 2.06. The van der Waals surface area contributed by atoms with Crippen LogP contribution in [-0.2, 0) is 0 Å². The number of nitrogens with one attached hydrogen (secondary N) is 1. The number of hydrogen-bond donors (Lipinski definition) is 2. The Morgan fingerprint density at radius 1 is 1.36 bits per heavy atom. The van der Waals surface area contributed by atoms with E-state index in [2.05, 4.69) is 10.2 Å². The molecular formula is C5H7N5O. The molecule has 0 aromatic carbocycles. The molecule has 0 bridgehead atoms. The van der Waals surface area contributed by atoms with Crippen molar-refractivity contribution in [1.29, 1.82) is 0 Å². The van der Waals surface area contributed by atoms with Crippen molar-refractivity contribution in [2.24, 2.45) is 16.0 Å². The zero-order chi connectivity index (χ0) is 8.10. The van der Waals surface area contributed by atoms with Gasteiger partial charge in [-0.25, -0.2) is 10.6 Å². The summed E-state index contributed by atoms with van der Waals surface area (Å²) in [6, 6.07) is -0.582. The van der Waals surface area contributed by atoms with Crippen molar-refractivity contribution >= 4 is 18.5 Å². The van der Waals surface area contributed by atoms with Gasteiger partial charge in [0.05, 0.1) is 0 Å². The molecule has 0 saturated heterocycles. The number of nitrogens with zero attached hydrogens (tertiary/aromatic N) is 3. The van der Waals surface area contributed by atoms with E-state index in [1.807, 2.05) is 5.43 Å². The lowest BCUT2D eigenvalue weighted by Crippen LogP contribution is -2.38. The average Bonchev–Trinajstić information content (AvgIpc) is 2.30. The van der Waals surface area contributed by atoms with Crippen LogP contribution in [-0.4, -0.2) is 23.6 Å². The standard InChI is InChI=1S/C5H7N5O/c6-9-5(11)10-7-3-1-2-4-8-10/h1-4H,6H2,(H,9,11). The lowest BCUT2D eigenvalue weighted by molar-refractivity contribution is 0.203. The predicted octanol–water partition coefficient (Wildman–Crippen LogP) is -0.587. The van der Waals surface area contributed by atoms with E-state index in [4.69, 9.17) is 5.84 Å². The molecule has 11 heavy (non-hydrogen) atoms. The number of hydrazine groups is 1. The summed E-state index contributed by atoms with van der Waals surface area (Å²) in [5, 5.41) is 8.10. The van der Waals surface area contributed by atoms with E-state index in [0.29, 0.717) is 0 Å². The fraction of sp³-hybridized carbons (Fsp3) is 0. The monoisotopic (exact) mass is 153 g/mol. The number of rotatable bonds is 0. The Morgan fingerprint density at radius 3 is 2.36 bits per heavy atom. The van der Waals surface area contributed by atoms with Gasteiger partial charge < -0.3 is 0 Å². The van der Waals surface area contributed by atoms with Crippen molar-refractivity contribution in [2.45, 2.75) is 0 Å². The van der Waals surface area contributed by atoms with Gasteiger partial charge in [0.15, 0.2) is 0 Å². The highest BCUT2D eigenvalue weighted by Crippen LogP contribution is 1.92. The molecule has 1 aliphatic rings. The summed E-state index contributed by atoms with van der Waals surface area (Å²) in [7, 11) is 0. The van der Waals surface area contributed by atoms with Crippen LogP contribution in [0.5, 0.6) is 0 Å². The van der Waals surface area contributed by atoms with Crippen molar-refractivity contribution in [1.82, 2.24) is 10.5 Å². The highest BCUT2D eigenvalue weighted by molar-refractivity contribution is 5.85. The van der Waals surface area contributed by atoms with E-state index in [-0.39, 0.29) is 0 Å². The lowest BCUT2D eigenvalue weighted by atomic mass is 10.5. The zero-order valence-electron chi connectivity index (χ0n) is 5.64. The first-order valence-corrected chi connectivity index (χ1v) is 2.88. The van der Waals surface area contributed by atoms with Crippen LogP contribution in [0.2, 0.25) is 0 Å². The predicted molar refractivity (Wildman–Crippen MR) is 40.7 cm³/mol. The number of amides is 2. The summed E-state index contributed by atoms with van der Waals surface area (Å²) >= 11 is 0. The number of hydrazone groups is 2. The van der Waals surface area contributed by atoms with E-state index in [1.165, 1.54) is 12.4 Å². The lowest BCUT2D eigenvalue weighted by Gasteiger charge is -2.06. The SMILES string of the molecule is NNC(=O)N1N=CC=CC=N1. The summed E-state index contributed by atoms with van der Waals surface area (Å²) in [4.78, 5) is 10.8. The van der Waals surface area contributed by atoms with Crippen LogP contribution in [0.15, 0.2) is 22.4 Å². The second-order valence-corrected chi connectivity index (χ2v) is 1.65. The first-order valence-electron chi connectivity index (χ1n) is 2.88. The van der Waals surface area contributed by atoms with Gasteiger partial charge in [0, 0.05) is 12.4 Å². The van der Waals surface area contributed by atoms with Gasteiger partial charge in [-0.1, -0.05) is 5.12 Å². The molecule has 1 aliphatic heterocycles. The number of hydrogen-bond acceptors (Lipinski definition) is 4. The summed E-state index contributed by atoms with van der Waals surface area (Å²) in [5.41, 5.74) is 1.89. The molecule has 6 nitrogen and oxygen atoms in total. The van der Waals surface area contributed by atoms with Crippen molar-refractivity contribution in [3.63, 3.8) is 0 Å². The van der Waals surface area contributed by atoms with Gasteiger partial charge >= 0.3 is 6.03 Å². The normalized spacial score (nSPS) is 14.8. The van der Waals surface area contributed by atoms with Crippen molar-refractivity contribution in [3.05, 3.63) is 12.2 Å². The van der Waals surface area contributed by atoms with Gasteiger partial charge in [-0.05, 0) is 12.2 Å². The minimum atomic E-state index is -0.582. The molecule has 2 amide bonds. The van der Waals surface area contributed by atoms with Crippen LogP contribution in [0.1, 0.15) is 0 Å². The van der Waals surface area contributed by atoms with Crippen LogP contribution in [0, 0.1) is 0 Å². The maximum atomic E-state index is 10.8. The molecule has 0 atom stereocenters. The second-order valence-electron chi connectivity index (χ2n) is 1.65. The molecule has 0 fully saturated rings. The van der Waals surface area contributed by atoms with E-state index < -0.39 is 6.03 Å². The van der Waals surface area contributed by atoms with E-state index in [0.717, 1.165) is 5.12 Å². The fourth-order valence-corrected chi connectivity index (χ4v) is 0.495. The highest BCUT2D eigenvalue weighted by atomic mass is 16.2. The Hall–Kier alpha value is -1.69. The van der Waals surface area contributed by atoms with Crippen LogP contribution >= 0.6 is 0 Å². The second kappa shape index (κ2) is 3.47. The Labute approximate surface area is 63.0 Å². The van der Waals surface area contributed by atoms with E-state index in [1.54, 1.807) is 12.2 Å². The van der Waals surface area contributed by atoms with Crippen molar-refractivity contribution in [2.75, 3.05) is 0 Å². The van der Waals surface area contributed by atoms with Gasteiger partial charge in [0.1, 0.15) is 0 Å². The molecule has 0 spiro atoms. The number of nitrogens with two attached hydrogens (primary N) is 1. The number of carbonyl (C=O) groups is 1. The minimum Gasteiger partial charge on any atom is -0.273 e. The van der Waals surface area contributed by atoms with E-state index in [9.17, 15) is 4.79 Å². The van der Waals surface area contributed by atoms with Gasteiger partial charge in [-0.15, -0.1) is 0 Å². The Balaban J connectivity index is 2.67. The van der Waals surface area contributed by atoms with Crippen LogP contribution < -0.4 is 11.3 Å². The molecule has 0 aliphatic carbocycles. The molecule has 0 unspecified atom stereocenters. The molecule has 6 heteroatoms. The molecule has 1 rings (SSSR count). The van der Waals surface area contributed by atoms with Gasteiger partial charge in [0.2, 0.25) is 0 Å². The molecule has 0 saturated carbocycles. The zero-order valence-corrected chi connectivity index (χ0v) is 5.64. The maximum Gasteiger partial charge on any atom is 0.373 e.